The third-order valence-corrected chi connectivity index (χ3v) is 3.70. The van der Waals surface area contributed by atoms with Crippen molar-refractivity contribution in [2.75, 3.05) is 5.43 Å². The molecule has 0 aliphatic heterocycles. The second kappa shape index (κ2) is 6.62. The molecule has 0 radical (unpaired) electrons. The first-order valence-corrected chi connectivity index (χ1v) is 7.46. The van der Waals surface area contributed by atoms with Crippen LogP contribution in [0.25, 0.3) is 11.3 Å². The minimum absolute atomic E-state index is 0.105. The summed E-state index contributed by atoms with van der Waals surface area (Å²) in [6.45, 7) is 0. The molecule has 0 saturated heterocycles. The molecule has 0 unspecified atom stereocenters. The van der Waals surface area contributed by atoms with E-state index in [1.165, 1.54) is 17.6 Å². The highest BCUT2D eigenvalue weighted by Crippen LogP contribution is 2.24. The van der Waals surface area contributed by atoms with E-state index in [0.717, 1.165) is 23.4 Å². The Hall–Kier alpha value is -2.67. The molecule has 23 heavy (non-hydrogen) atoms. The number of nitrogens with one attached hydrogen (secondary N) is 1. The molecule has 3 aromatic rings. The van der Waals surface area contributed by atoms with Gasteiger partial charge in [0.05, 0.1) is 11.9 Å². The standard InChI is InChI=1S/C16H10F3N3S/c17-12-6-10(7-13(18)15(12)19)8-20-22-16-21-14(9-23-16)11-4-2-1-3-5-11/h1-9H,(H,21,22). The van der Waals surface area contributed by atoms with E-state index in [1.54, 1.807) is 0 Å². The largest absolute Gasteiger partial charge is 0.253 e. The number of benzene rings is 2. The van der Waals surface area contributed by atoms with Crippen LogP contribution in [0.5, 0.6) is 0 Å². The van der Waals surface area contributed by atoms with Gasteiger partial charge in [0, 0.05) is 16.5 Å². The Labute approximate surface area is 134 Å². The first-order chi connectivity index (χ1) is 11.1. The van der Waals surface area contributed by atoms with Gasteiger partial charge in [-0.25, -0.2) is 18.2 Å². The second-order valence-corrected chi connectivity index (χ2v) is 5.43. The third kappa shape index (κ3) is 3.57. The molecule has 0 saturated carbocycles. The number of nitrogens with zero attached hydrogens (tertiary/aromatic N) is 2. The van der Waals surface area contributed by atoms with Crippen LogP contribution in [0.15, 0.2) is 52.9 Å². The molecule has 1 heterocycles. The molecule has 1 aromatic heterocycles. The Morgan fingerprint density at radius 2 is 1.74 bits per heavy atom. The Balaban J connectivity index is 1.70. The van der Waals surface area contributed by atoms with Crippen LogP contribution in [-0.4, -0.2) is 11.2 Å². The predicted molar refractivity (Wildman–Crippen MR) is 85.1 cm³/mol. The zero-order valence-electron chi connectivity index (χ0n) is 11.6. The van der Waals surface area contributed by atoms with Gasteiger partial charge in [-0.15, -0.1) is 11.3 Å². The van der Waals surface area contributed by atoms with Crippen molar-refractivity contribution in [2.45, 2.75) is 0 Å². The molecular formula is C16H10F3N3S. The normalized spacial score (nSPS) is 11.1. The highest BCUT2D eigenvalue weighted by molar-refractivity contribution is 7.14. The lowest BCUT2D eigenvalue weighted by Gasteiger charge is -1.98. The quantitative estimate of drug-likeness (QED) is 0.428. The lowest BCUT2D eigenvalue weighted by atomic mass is 10.2. The Morgan fingerprint density at radius 1 is 1.04 bits per heavy atom. The van der Waals surface area contributed by atoms with E-state index in [2.05, 4.69) is 15.5 Å². The van der Waals surface area contributed by atoms with Crippen molar-refractivity contribution in [3.05, 3.63) is 70.9 Å². The number of hydrogen-bond acceptors (Lipinski definition) is 4. The number of halogens is 3. The highest BCUT2D eigenvalue weighted by atomic mass is 32.1. The van der Waals surface area contributed by atoms with E-state index in [1.807, 2.05) is 35.7 Å². The van der Waals surface area contributed by atoms with Crippen LogP contribution in [0.2, 0.25) is 0 Å². The molecule has 0 atom stereocenters. The molecule has 0 amide bonds. The van der Waals surface area contributed by atoms with Crippen molar-refractivity contribution in [2.24, 2.45) is 5.10 Å². The number of anilines is 1. The molecule has 3 nitrogen and oxygen atoms in total. The fraction of sp³-hybridized carbons (Fsp3) is 0. The van der Waals surface area contributed by atoms with Crippen molar-refractivity contribution < 1.29 is 13.2 Å². The molecule has 116 valence electrons. The second-order valence-electron chi connectivity index (χ2n) is 4.57. The molecule has 0 spiro atoms. The SMILES string of the molecule is Fc1cc(C=NNc2nc(-c3ccccc3)cs2)cc(F)c1F. The Bertz CT molecular complexity index is 824. The van der Waals surface area contributed by atoms with E-state index >= 15 is 0 Å². The monoisotopic (exact) mass is 333 g/mol. The van der Waals surface area contributed by atoms with E-state index in [0.29, 0.717) is 5.13 Å². The average molecular weight is 333 g/mol. The van der Waals surface area contributed by atoms with Gasteiger partial charge in [0.1, 0.15) is 0 Å². The summed E-state index contributed by atoms with van der Waals surface area (Å²) in [7, 11) is 0. The fourth-order valence-corrected chi connectivity index (χ4v) is 2.55. The molecule has 0 aliphatic carbocycles. The van der Waals surface area contributed by atoms with E-state index in [-0.39, 0.29) is 5.56 Å². The van der Waals surface area contributed by atoms with Crippen LogP contribution in [-0.2, 0) is 0 Å². The maximum absolute atomic E-state index is 13.1. The van der Waals surface area contributed by atoms with Crippen LogP contribution < -0.4 is 5.43 Å². The highest BCUT2D eigenvalue weighted by Gasteiger charge is 2.09. The molecule has 0 aliphatic rings. The van der Waals surface area contributed by atoms with Crippen LogP contribution in [0.4, 0.5) is 18.3 Å². The lowest BCUT2D eigenvalue weighted by Crippen LogP contribution is -1.95. The molecule has 0 fully saturated rings. The van der Waals surface area contributed by atoms with Crippen molar-refractivity contribution in [3.63, 3.8) is 0 Å². The maximum atomic E-state index is 13.1. The summed E-state index contributed by atoms with van der Waals surface area (Å²) in [6.07, 6.45) is 1.19. The van der Waals surface area contributed by atoms with Crippen LogP contribution in [0.1, 0.15) is 5.56 Å². The number of hydrogen-bond donors (Lipinski definition) is 1. The van der Waals surface area contributed by atoms with E-state index in [4.69, 9.17) is 0 Å². The van der Waals surface area contributed by atoms with Gasteiger partial charge in [0.2, 0.25) is 5.13 Å². The van der Waals surface area contributed by atoms with E-state index in [9.17, 15) is 13.2 Å². The molecule has 2 aromatic carbocycles. The lowest BCUT2D eigenvalue weighted by molar-refractivity contribution is 0.447. The van der Waals surface area contributed by atoms with Crippen molar-refractivity contribution in [1.29, 1.82) is 0 Å². The van der Waals surface area contributed by atoms with Gasteiger partial charge >= 0.3 is 0 Å². The van der Waals surface area contributed by atoms with Crippen LogP contribution in [0, 0.1) is 17.5 Å². The first-order valence-electron chi connectivity index (χ1n) is 6.58. The molecule has 0 bridgehead atoms. The van der Waals surface area contributed by atoms with Gasteiger partial charge in [0.25, 0.3) is 0 Å². The summed E-state index contributed by atoms with van der Waals surface area (Å²) >= 11 is 1.34. The topological polar surface area (TPSA) is 37.3 Å². The van der Waals surface area contributed by atoms with Gasteiger partial charge in [-0.2, -0.15) is 5.10 Å². The molecule has 1 N–H and O–H groups in total. The average Bonchev–Trinajstić information content (AvgIpc) is 3.02. The minimum atomic E-state index is -1.50. The third-order valence-electron chi connectivity index (χ3n) is 2.95. The zero-order chi connectivity index (χ0) is 16.2. The Morgan fingerprint density at radius 3 is 2.43 bits per heavy atom. The van der Waals surface area contributed by atoms with Crippen LogP contribution >= 0.6 is 11.3 Å². The summed E-state index contributed by atoms with van der Waals surface area (Å²) < 4.78 is 39.0. The van der Waals surface area contributed by atoms with Gasteiger partial charge < -0.3 is 0 Å². The van der Waals surface area contributed by atoms with Crippen molar-refractivity contribution >= 4 is 22.7 Å². The fourth-order valence-electron chi connectivity index (χ4n) is 1.88. The van der Waals surface area contributed by atoms with Gasteiger partial charge in [-0.3, -0.25) is 5.43 Å². The first kappa shape index (κ1) is 15.2. The molecular weight excluding hydrogens is 323 g/mol. The van der Waals surface area contributed by atoms with Gasteiger partial charge in [-0.05, 0) is 12.1 Å². The smallest absolute Gasteiger partial charge is 0.203 e. The van der Waals surface area contributed by atoms with Crippen LogP contribution in [0.3, 0.4) is 0 Å². The number of aromatic nitrogens is 1. The molecule has 7 heteroatoms. The van der Waals surface area contributed by atoms with Gasteiger partial charge in [-0.1, -0.05) is 30.3 Å². The summed E-state index contributed by atoms with van der Waals surface area (Å²) in [5.41, 5.74) is 4.55. The van der Waals surface area contributed by atoms with E-state index < -0.39 is 17.5 Å². The Kier molecular flexibility index (Phi) is 4.38. The van der Waals surface area contributed by atoms with Crippen molar-refractivity contribution in [1.82, 2.24) is 4.98 Å². The summed E-state index contributed by atoms with van der Waals surface area (Å²) in [4.78, 5) is 4.35. The predicted octanol–water partition coefficient (Wildman–Crippen LogP) is 4.67. The minimum Gasteiger partial charge on any atom is -0.253 e. The number of hydrazone groups is 1. The zero-order valence-corrected chi connectivity index (χ0v) is 12.4. The summed E-state index contributed by atoms with van der Waals surface area (Å²) in [6, 6.07) is 11.3. The summed E-state index contributed by atoms with van der Waals surface area (Å²) in [5, 5.41) is 6.24. The number of rotatable bonds is 4. The number of thiazole rings is 1. The van der Waals surface area contributed by atoms with Gasteiger partial charge in [0.15, 0.2) is 17.5 Å². The summed E-state index contributed by atoms with van der Waals surface area (Å²) in [5.74, 6) is -4.01. The van der Waals surface area contributed by atoms with Crippen molar-refractivity contribution in [3.8, 4) is 11.3 Å². The maximum Gasteiger partial charge on any atom is 0.203 e. The molecule has 3 rings (SSSR count).